The van der Waals surface area contributed by atoms with Gasteiger partial charge >= 0.3 is 0 Å². The van der Waals surface area contributed by atoms with Crippen molar-refractivity contribution in [2.45, 2.75) is 38.6 Å². The lowest BCUT2D eigenvalue weighted by atomic mass is 9.73. The van der Waals surface area contributed by atoms with Crippen LogP contribution >= 0.6 is 0 Å². The molecule has 0 aromatic heterocycles. The molecule has 2 aromatic carbocycles. The molecule has 3 rings (SSSR count). The molecule has 2 aromatic rings. The highest BCUT2D eigenvalue weighted by Crippen LogP contribution is 2.40. The molecule has 2 heteroatoms. The predicted octanol–water partition coefficient (Wildman–Crippen LogP) is 3.54. The fourth-order valence-electron chi connectivity index (χ4n) is 3.28. The highest BCUT2D eigenvalue weighted by atomic mass is 15.2. The first-order valence-electron chi connectivity index (χ1n) is 7.30. The Morgan fingerprint density at radius 3 is 2.75 bits per heavy atom. The van der Waals surface area contributed by atoms with Crippen LogP contribution in [0.1, 0.15) is 46.2 Å². The summed E-state index contributed by atoms with van der Waals surface area (Å²) < 4.78 is 0. The minimum absolute atomic E-state index is 0.230. The zero-order valence-corrected chi connectivity index (χ0v) is 12.2. The molecule has 2 nitrogen and oxygen atoms in total. The first kappa shape index (κ1) is 13.3. The molecule has 0 bridgehead atoms. The summed E-state index contributed by atoms with van der Waals surface area (Å²) in [5.41, 5.74) is 9.94. The largest absolute Gasteiger partial charge is 0.271 e. The maximum absolute atomic E-state index is 5.82. The second kappa shape index (κ2) is 5.39. The maximum Gasteiger partial charge on any atom is 0.0468 e. The van der Waals surface area contributed by atoms with Gasteiger partial charge in [0.1, 0.15) is 0 Å². The van der Waals surface area contributed by atoms with Crippen LogP contribution in [0.15, 0.2) is 42.5 Å². The number of hydrogen-bond acceptors (Lipinski definition) is 2. The number of rotatable bonds is 4. The van der Waals surface area contributed by atoms with Crippen LogP contribution in [0, 0.1) is 13.8 Å². The quantitative estimate of drug-likeness (QED) is 0.656. The Hall–Kier alpha value is -1.64. The summed E-state index contributed by atoms with van der Waals surface area (Å²) in [5, 5.41) is 0. The van der Waals surface area contributed by atoms with Crippen molar-refractivity contribution in [3.63, 3.8) is 0 Å². The number of hydrazine groups is 1. The summed E-state index contributed by atoms with van der Waals surface area (Å²) in [6.45, 7) is 4.29. The van der Waals surface area contributed by atoms with Crippen molar-refractivity contribution in [3.05, 3.63) is 70.3 Å². The molecule has 0 fully saturated rings. The number of hydrogen-bond donors (Lipinski definition) is 2. The average Bonchev–Trinajstić information content (AvgIpc) is 2.43. The second-order valence-electron chi connectivity index (χ2n) is 5.91. The van der Waals surface area contributed by atoms with E-state index >= 15 is 0 Å². The monoisotopic (exact) mass is 266 g/mol. The first-order chi connectivity index (χ1) is 9.69. The third-order valence-electron chi connectivity index (χ3n) is 4.49. The first-order valence-corrected chi connectivity index (χ1v) is 7.30. The van der Waals surface area contributed by atoms with Crippen LogP contribution in [0.5, 0.6) is 0 Å². The molecule has 104 valence electrons. The number of aryl methyl sites for hydroxylation is 2. The SMILES string of the molecule is Cc1ccc(C)c(C(CC2Cc3ccccc32)NN)c1. The van der Waals surface area contributed by atoms with Gasteiger partial charge in [0.15, 0.2) is 0 Å². The maximum atomic E-state index is 5.82. The van der Waals surface area contributed by atoms with E-state index in [0.29, 0.717) is 5.92 Å². The fourth-order valence-corrected chi connectivity index (χ4v) is 3.28. The van der Waals surface area contributed by atoms with E-state index < -0.39 is 0 Å². The molecule has 1 aliphatic carbocycles. The summed E-state index contributed by atoms with van der Waals surface area (Å²) >= 11 is 0. The van der Waals surface area contributed by atoms with Gasteiger partial charge in [-0.25, -0.2) is 0 Å². The Bertz CT molecular complexity index is 619. The Morgan fingerprint density at radius 1 is 1.20 bits per heavy atom. The minimum atomic E-state index is 0.230. The molecule has 0 aliphatic heterocycles. The zero-order valence-electron chi connectivity index (χ0n) is 12.2. The van der Waals surface area contributed by atoms with Gasteiger partial charge in [-0.2, -0.15) is 0 Å². The van der Waals surface area contributed by atoms with E-state index in [1.807, 2.05) is 0 Å². The van der Waals surface area contributed by atoms with Crippen molar-refractivity contribution < 1.29 is 0 Å². The average molecular weight is 266 g/mol. The summed E-state index contributed by atoms with van der Waals surface area (Å²) in [5.74, 6) is 6.45. The van der Waals surface area contributed by atoms with Crippen molar-refractivity contribution in [2.24, 2.45) is 5.84 Å². The van der Waals surface area contributed by atoms with Crippen molar-refractivity contribution >= 4 is 0 Å². The molecule has 2 unspecified atom stereocenters. The van der Waals surface area contributed by atoms with Crippen LogP contribution in [-0.4, -0.2) is 0 Å². The van der Waals surface area contributed by atoms with E-state index in [1.54, 1.807) is 0 Å². The van der Waals surface area contributed by atoms with Crippen molar-refractivity contribution in [2.75, 3.05) is 0 Å². The fraction of sp³-hybridized carbons (Fsp3) is 0.333. The number of nitrogens with one attached hydrogen (secondary N) is 1. The summed E-state index contributed by atoms with van der Waals surface area (Å²) in [7, 11) is 0. The summed E-state index contributed by atoms with van der Waals surface area (Å²) in [6.07, 6.45) is 2.25. The molecular weight excluding hydrogens is 244 g/mol. The van der Waals surface area contributed by atoms with Gasteiger partial charge < -0.3 is 0 Å². The van der Waals surface area contributed by atoms with Crippen molar-refractivity contribution in [1.82, 2.24) is 5.43 Å². The number of nitrogens with two attached hydrogens (primary N) is 1. The van der Waals surface area contributed by atoms with E-state index in [2.05, 4.69) is 61.7 Å². The molecule has 0 spiro atoms. The molecule has 2 atom stereocenters. The molecule has 0 radical (unpaired) electrons. The van der Waals surface area contributed by atoms with Crippen LogP contribution < -0.4 is 11.3 Å². The lowest BCUT2D eigenvalue weighted by molar-refractivity contribution is 0.434. The van der Waals surface area contributed by atoms with Gasteiger partial charge in [-0.15, -0.1) is 0 Å². The highest BCUT2D eigenvalue weighted by molar-refractivity contribution is 5.41. The van der Waals surface area contributed by atoms with Gasteiger partial charge in [-0.05, 0) is 54.9 Å². The van der Waals surface area contributed by atoms with Crippen molar-refractivity contribution in [3.8, 4) is 0 Å². The standard InChI is InChI=1S/C18H22N2/c1-12-7-8-13(2)17(9-12)18(20-19)11-15-10-14-5-3-4-6-16(14)15/h3-9,15,18,20H,10-11,19H2,1-2H3. The van der Waals surface area contributed by atoms with Gasteiger partial charge in [0.25, 0.3) is 0 Å². The third kappa shape index (κ3) is 2.37. The van der Waals surface area contributed by atoms with Crippen molar-refractivity contribution in [1.29, 1.82) is 0 Å². The molecule has 0 amide bonds. The zero-order chi connectivity index (χ0) is 14.1. The Balaban J connectivity index is 1.80. The number of fused-ring (bicyclic) bond motifs is 1. The number of benzene rings is 2. The van der Waals surface area contributed by atoms with Crippen LogP contribution in [0.4, 0.5) is 0 Å². The third-order valence-corrected chi connectivity index (χ3v) is 4.49. The Kier molecular flexibility index (Phi) is 3.60. The van der Waals surface area contributed by atoms with E-state index in [0.717, 1.165) is 6.42 Å². The van der Waals surface area contributed by atoms with E-state index in [9.17, 15) is 0 Å². The van der Waals surface area contributed by atoms with Gasteiger partial charge in [0.2, 0.25) is 0 Å². The lowest BCUT2D eigenvalue weighted by Gasteiger charge is -2.33. The van der Waals surface area contributed by atoms with E-state index in [4.69, 9.17) is 5.84 Å². The Morgan fingerprint density at radius 2 is 2.00 bits per heavy atom. The van der Waals surface area contributed by atoms with Gasteiger partial charge in [-0.3, -0.25) is 11.3 Å². The molecule has 20 heavy (non-hydrogen) atoms. The lowest BCUT2D eigenvalue weighted by Crippen LogP contribution is -2.32. The molecule has 0 saturated carbocycles. The van der Waals surface area contributed by atoms with Gasteiger partial charge in [-0.1, -0.05) is 48.0 Å². The summed E-state index contributed by atoms with van der Waals surface area (Å²) in [6, 6.07) is 15.6. The minimum Gasteiger partial charge on any atom is -0.271 e. The predicted molar refractivity (Wildman–Crippen MR) is 83.5 cm³/mol. The van der Waals surface area contributed by atoms with Crippen LogP contribution in [-0.2, 0) is 6.42 Å². The molecule has 1 aliphatic rings. The van der Waals surface area contributed by atoms with Gasteiger partial charge in [0.05, 0.1) is 0 Å². The normalized spacial score (nSPS) is 18.2. The van der Waals surface area contributed by atoms with E-state index in [1.165, 1.54) is 34.2 Å². The Labute approximate surface area is 121 Å². The van der Waals surface area contributed by atoms with Crippen LogP contribution in [0.3, 0.4) is 0 Å². The van der Waals surface area contributed by atoms with Crippen LogP contribution in [0.2, 0.25) is 0 Å². The second-order valence-corrected chi connectivity index (χ2v) is 5.91. The van der Waals surface area contributed by atoms with E-state index in [-0.39, 0.29) is 6.04 Å². The molecular formula is C18H22N2. The topological polar surface area (TPSA) is 38.0 Å². The smallest absolute Gasteiger partial charge is 0.0468 e. The molecule has 3 N–H and O–H groups in total. The van der Waals surface area contributed by atoms with Gasteiger partial charge in [0, 0.05) is 6.04 Å². The highest BCUT2D eigenvalue weighted by Gasteiger charge is 2.28. The summed E-state index contributed by atoms with van der Waals surface area (Å²) in [4.78, 5) is 0. The molecule has 0 saturated heterocycles. The van der Waals surface area contributed by atoms with Crippen LogP contribution in [0.25, 0.3) is 0 Å². The molecule has 0 heterocycles.